The zero-order valence-electron chi connectivity index (χ0n) is 9.57. The highest BCUT2D eigenvalue weighted by Gasteiger charge is 2.11. The molecule has 0 fully saturated rings. The highest BCUT2D eigenvalue weighted by molar-refractivity contribution is 7.80. The Morgan fingerprint density at radius 1 is 1.41 bits per heavy atom. The van der Waals surface area contributed by atoms with Crippen molar-refractivity contribution in [2.45, 2.75) is 13.8 Å². The number of nitrogens with two attached hydrogens (primary N) is 1. The van der Waals surface area contributed by atoms with Gasteiger partial charge in [-0.1, -0.05) is 23.8 Å². The predicted molar refractivity (Wildman–Crippen MR) is 73.9 cm³/mol. The molecule has 2 N–H and O–H groups in total. The zero-order valence-corrected chi connectivity index (χ0v) is 11.1. The molecule has 1 aromatic carbocycles. The van der Waals surface area contributed by atoms with E-state index < -0.39 is 0 Å². The van der Waals surface area contributed by atoms with E-state index in [-0.39, 0.29) is 0 Å². The molecular formula is C12H12ClN3S. The van der Waals surface area contributed by atoms with Crippen LogP contribution in [-0.4, -0.2) is 14.5 Å². The van der Waals surface area contributed by atoms with Crippen LogP contribution in [0.1, 0.15) is 17.0 Å². The lowest BCUT2D eigenvalue weighted by molar-refractivity contribution is 0.998. The van der Waals surface area contributed by atoms with Crippen molar-refractivity contribution in [3.63, 3.8) is 0 Å². The number of nitrogens with zero attached hydrogens (tertiary/aromatic N) is 2. The van der Waals surface area contributed by atoms with Gasteiger partial charge < -0.3 is 10.3 Å². The van der Waals surface area contributed by atoms with E-state index in [0.29, 0.717) is 10.0 Å². The molecule has 0 spiro atoms. The lowest BCUT2D eigenvalue weighted by Gasteiger charge is -2.11. The molecule has 0 aliphatic rings. The van der Waals surface area contributed by atoms with Gasteiger partial charge in [-0.2, -0.15) is 0 Å². The first kappa shape index (κ1) is 12.1. The van der Waals surface area contributed by atoms with Gasteiger partial charge in [0.25, 0.3) is 0 Å². The fourth-order valence-corrected chi connectivity index (χ4v) is 1.99. The van der Waals surface area contributed by atoms with Gasteiger partial charge in [0, 0.05) is 16.3 Å². The summed E-state index contributed by atoms with van der Waals surface area (Å²) in [5.74, 6) is 0. The molecule has 2 aromatic rings. The highest BCUT2D eigenvalue weighted by atomic mass is 35.5. The number of aromatic nitrogens is 2. The number of thiocarbonyl (C=S) groups is 1. The first-order chi connectivity index (χ1) is 8.00. The topological polar surface area (TPSA) is 43.8 Å². The van der Waals surface area contributed by atoms with Crippen molar-refractivity contribution in [3.8, 4) is 5.69 Å². The number of imidazole rings is 1. The normalized spacial score (nSPS) is 10.5. The minimum absolute atomic E-state index is 0.327. The van der Waals surface area contributed by atoms with Gasteiger partial charge in [-0.15, -0.1) is 0 Å². The fourth-order valence-electron chi connectivity index (χ4n) is 1.66. The van der Waals surface area contributed by atoms with Crippen molar-refractivity contribution in [1.82, 2.24) is 9.55 Å². The number of halogens is 1. The van der Waals surface area contributed by atoms with Gasteiger partial charge in [-0.25, -0.2) is 4.98 Å². The summed E-state index contributed by atoms with van der Waals surface area (Å²) in [7, 11) is 0. The van der Waals surface area contributed by atoms with Gasteiger partial charge in [-0.3, -0.25) is 0 Å². The molecule has 0 saturated heterocycles. The molecular weight excluding hydrogens is 254 g/mol. The third-order valence-electron chi connectivity index (χ3n) is 2.74. The van der Waals surface area contributed by atoms with Crippen molar-refractivity contribution in [1.29, 1.82) is 0 Å². The molecule has 1 aromatic heterocycles. The third-order valence-corrected chi connectivity index (χ3v) is 3.19. The summed E-state index contributed by atoms with van der Waals surface area (Å²) in [5, 5.41) is 0.617. The second kappa shape index (κ2) is 4.47. The van der Waals surface area contributed by atoms with Crippen LogP contribution in [0.4, 0.5) is 0 Å². The van der Waals surface area contributed by atoms with E-state index in [4.69, 9.17) is 29.6 Å². The predicted octanol–water partition coefficient (Wildman–Crippen LogP) is 2.78. The van der Waals surface area contributed by atoms with Gasteiger partial charge in [0.15, 0.2) is 0 Å². The smallest absolute Gasteiger partial charge is 0.106 e. The molecule has 0 radical (unpaired) electrons. The van der Waals surface area contributed by atoms with E-state index in [0.717, 1.165) is 22.6 Å². The Bertz CT molecular complexity index is 589. The quantitative estimate of drug-likeness (QED) is 0.850. The number of aryl methyl sites for hydroxylation is 1. The number of hydrogen-bond donors (Lipinski definition) is 1. The Morgan fingerprint density at radius 2 is 2.12 bits per heavy atom. The molecule has 0 aliphatic carbocycles. The minimum Gasteiger partial charge on any atom is -0.389 e. The maximum absolute atomic E-state index is 5.95. The molecule has 0 saturated carbocycles. The van der Waals surface area contributed by atoms with Crippen molar-refractivity contribution >= 4 is 28.8 Å². The minimum atomic E-state index is 0.327. The van der Waals surface area contributed by atoms with E-state index in [1.165, 1.54) is 0 Å². The van der Waals surface area contributed by atoms with Gasteiger partial charge >= 0.3 is 0 Å². The molecule has 0 bridgehead atoms. The molecule has 0 atom stereocenters. The highest BCUT2D eigenvalue weighted by Crippen LogP contribution is 2.22. The van der Waals surface area contributed by atoms with Crippen LogP contribution in [0.15, 0.2) is 24.5 Å². The second-order valence-corrected chi connectivity index (χ2v) is 4.69. The third kappa shape index (κ3) is 2.18. The van der Waals surface area contributed by atoms with Gasteiger partial charge in [0.1, 0.15) is 4.99 Å². The summed E-state index contributed by atoms with van der Waals surface area (Å²) >= 11 is 11.0. The first-order valence-electron chi connectivity index (χ1n) is 5.11. The lowest BCUT2D eigenvalue weighted by Crippen LogP contribution is -2.13. The van der Waals surface area contributed by atoms with E-state index in [2.05, 4.69) is 4.98 Å². The van der Waals surface area contributed by atoms with E-state index >= 15 is 0 Å². The standard InChI is InChI=1S/C12H12ClN3S/c1-7-8(2)16(6-15-7)11-4-3-9(13)5-10(11)12(14)17/h3-6H,1-2H3,(H2,14,17). The van der Waals surface area contributed by atoms with E-state index in [9.17, 15) is 0 Å². The molecule has 0 amide bonds. The Hall–Kier alpha value is -1.39. The van der Waals surface area contributed by atoms with Crippen LogP contribution < -0.4 is 5.73 Å². The van der Waals surface area contributed by atoms with Crippen LogP contribution in [0, 0.1) is 13.8 Å². The lowest BCUT2D eigenvalue weighted by atomic mass is 10.1. The number of rotatable bonds is 2. The molecule has 1 heterocycles. The SMILES string of the molecule is Cc1ncn(-c2ccc(Cl)cc2C(N)=S)c1C. The van der Waals surface area contributed by atoms with Crippen molar-refractivity contribution in [2.75, 3.05) is 0 Å². The zero-order chi connectivity index (χ0) is 12.6. The maximum Gasteiger partial charge on any atom is 0.106 e. The van der Waals surface area contributed by atoms with Crippen LogP contribution in [0.2, 0.25) is 5.02 Å². The van der Waals surface area contributed by atoms with Crippen LogP contribution >= 0.6 is 23.8 Å². The van der Waals surface area contributed by atoms with Crippen molar-refractivity contribution < 1.29 is 0 Å². The number of benzene rings is 1. The maximum atomic E-state index is 5.95. The van der Waals surface area contributed by atoms with E-state index in [1.54, 1.807) is 12.4 Å². The summed E-state index contributed by atoms with van der Waals surface area (Å²) in [6.07, 6.45) is 1.76. The van der Waals surface area contributed by atoms with Gasteiger partial charge in [-0.05, 0) is 32.0 Å². The van der Waals surface area contributed by atoms with Crippen LogP contribution in [0.25, 0.3) is 5.69 Å². The summed E-state index contributed by atoms with van der Waals surface area (Å²) in [4.78, 5) is 4.59. The molecule has 0 aliphatic heterocycles. The molecule has 3 nitrogen and oxygen atoms in total. The molecule has 88 valence electrons. The Morgan fingerprint density at radius 3 is 2.65 bits per heavy atom. The molecule has 17 heavy (non-hydrogen) atoms. The van der Waals surface area contributed by atoms with Crippen LogP contribution in [0.3, 0.4) is 0 Å². The Labute approximate surface area is 110 Å². The van der Waals surface area contributed by atoms with Gasteiger partial charge in [0.05, 0.1) is 17.7 Å². The molecule has 2 rings (SSSR count). The average Bonchev–Trinajstić information content (AvgIpc) is 2.60. The number of hydrogen-bond acceptors (Lipinski definition) is 2. The largest absolute Gasteiger partial charge is 0.389 e. The summed E-state index contributed by atoms with van der Waals surface area (Å²) < 4.78 is 1.96. The molecule has 5 heteroatoms. The summed E-state index contributed by atoms with van der Waals surface area (Å²) in [6, 6.07) is 5.48. The Balaban J connectivity index is 2.67. The Kier molecular flexibility index (Phi) is 3.17. The monoisotopic (exact) mass is 265 g/mol. The summed E-state index contributed by atoms with van der Waals surface area (Å²) in [6.45, 7) is 3.96. The van der Waals surface area contributed by atoms with Crippen LogP contribution in [0.5, 0.6) is 0 Å². The van der Waals surface area contributed by atoms with Crippen molar-refractivity contribution in [2.24, 2.45) is 5.73 Å². The molecule has 0 unspecified atom stereocenters. The van der Waals surface area contributed by atoms with E-state index in [1.807, 2.05) is 30.5 Å². The van der Waals surface area contributed by atoms with Crippen LogP contribution in [-0.2, 0) is 0 Å². The fraction of sp³-hybridized carbons (Fsp3) is 0.167. The van der Waals surface area contributed by atoms with Crippen molar-refractivity contribution in [3.05, 3.63) is 46.5 Å². The van der Waals surface area contributed by atoms with Gasteiger partial charge in [0.2, 0.25) is 0 Å². The second-order valence-electron chi connectivity index (χ2n) is 3.81. The summed E-state index contributed by atoms with van der Waals surface area (Å²) in [5.41, 5.74) is 9.42. The first-order valence-corrected chi connectivity index (χ1v) is 5.89. The average molecular weight is 266 g/mol.